The number of nitrogens with one attached hydrogen (secondary N) is 1. The maximum absolute atomic E-state index is 11.3. The van der Waals surface area contributed by atoms with Crippen LogP contribution in [0.3, 0.4) is 0 Å². The van der Waals surface area contributed by atoms with Gasteiger partial charge in [-0.1, -0.05) is 6.92 Å². The summed E-state index contributed by atoms with van der Waals surface area (Å²) in [5.41, 5.74) is 1.27. The number of carbonyl (C=O) groups is 1. The summed E-state index contributed by atoms with van der Waals surface area (Å²) in [7, 11) is 0. The number of anilines is 1. The lowest BCUT2D eigenvalue weighted by atomic mass is 10.1. The average Bonchev–Trinajstić information content (AvgIpc) is 2.39. The Labute approximate surface area is 114 Å². The van der Waals surface area contributed by atoms with Crippen LogP contribution < -0.4 is 10.2 Å². The predicted molar refractivity (Wildman–Crippen MR) is 75.7 cm³/mol. The zero-order valence-corrected chi connectivity index (χ0v) is 12.1. The Morgan fingerprint density at radius 1 is 1.58 bits per heavy atom. The number of hydrogen-bond acceptors (Lipinski definition) is 5. The lowest BCUT2D eigenvalue weighted by Crippen LogP contribution is -2.55. The molecule has 104 valence electrons. The molecule has 0 radical (unpaired) electrons. The first-order valence-corrected chi connectivity index (χ1v) is 6.87. The molecule has 0 spiro atoms. The molecular weight excluding hydrogens is 240 g/mol. The van der Waals surface area contributed by atoms with Gasteiger partial charge in [0, 0.05) is 32.1 Å². The minimum absolute atomic E-state index is 0.0399. The minimum atomic E-state index is -0.0399. The lowest BCUT2D eigenvalue weighted by Gasteiger charge is -2.39. The van der Waals surface area contributed by atoms with Gasteiger partial charge in [-0.15, -0.1) is 0 Å². The third-order valence-corrected chi connectivity index (χ3v) is 3.70. The summed E-state index contributed by atoms with van der Waals surface area (Å²) in [6.45, 7) is 9.69. The maximum Gasteiger partial charge on any atom is 0.179 e. The fraction of sp³-hybridized carbons (Fsp3) is 0.643. The zero-order valence-electron chi connectivity index (χ0n) is 12.1. The van der Waals surface area contributed by atoms with Crippen LogP contribution in [0.25, 0.3) is 0 Å². The first-order chi connectivity index (χ1) is 9.02. The molecule has 0 bridgehead atoms. The monoisotopic (exact) mass is 262 g/mol. The molecule has 1 fully saturated rings. The molecule has 2 rings (SSSR count). The van der Waals surface area contributed by atoms with E-state index in [0.717, 1.165) is 31.0 Å². The third-order valence-electron chi connectivity index (χ3n) is 3.70. The summed E-state index contributed by atoms with van der Waals surface area (Å²) in [5, 5.41) is 3.52. The lowest BCUT2D eigenvalue weighted by molar-refractivity contribution is 0.101. The van der Waals surface area contributed by atoms with E-state index >= 15 is 0 Å². The number of piperazine rings is 1. The first-order valence-electron chi connectivity index (χ1n) is 6.87. The van der Waals surface area contributed by atoms with Crippen LogP contribution in [0.2, 0.25) is 0 Å². The van der Waals surface area contributed by atoms with E-state index in [4.69, 9.17) is 0 Å². The summed E-state index contributed by atoms with van der Waals surface area (Å²) in [6.07, 6.45) is 2.68. The molecule has 1 aliphatic rings. The normalized spacial score (nSPS) is 23.5. The second kappa shape index (κ2) is 5.65. The number of Topliss-reactive ketones (excluding diaryl/α,β-unsaturated/α-hetero) is 1. The van der Waals surface area contributed by atoms with Crippen molar-refractivity contribution in [3.8, 4) is 0 Å². The van der Waals surface area contributed by atoms with Crippen LogP contribution in [0.1, 0.15) is 43.4 Å². The Kier molecular flexibility index (Phi) is 4.14. The minimum Gasteiger partial charge on any atom is -0.350 e. The first kappa shape index (κ1) is 13.9. The van der Waals surface area contributed by atoms with Crippen molar-refractivity contribution in [2.24, 2.45) is 0 Å². The van der Waals surface area contributed by atoms with Crippen molar-refractivity contribution in [1.29, 1.82) is 0 Å². The van der Waals surface area contributed by atoms with Crippen LogP contribution in [0.5, 0.6) is 0 Å². The fourth-order valence-corrected chi connectivity index (χ4v) is 2.42. The second-order valence-corrected chi connectivity index (χ2v) is 5.24. The van der Waals surface area contributed by atoms with Gasteiger partial charge in [-0.2, -0.15) is 0 Å². The molecule has 5 nitrogen and oxygen atoms in total. The SMILES string of the molecule is CC[C@H]1CN(c2ncc(C(C)=O)nc2C)[C@H](C)CN1. The number of nitrogens with zero attached hydrogens (tertiary/aromatic N) is 3. The number of ketones is 1. The van der Waals surface area contributed by atoms with Crippen molar-refractivity contribution in [2.45, 2.75) is 46.2 Å². The smallest absolute Gasteiger partial charge is 0.179 e. The van der Waals surface area contributed by atoms with E-state index in [1.165, 1.54) is 6.92 Å². The number of aromatic nitrogens is 2. The molecular formula is C14H22N4O. The molecule has 1 aromatic rings. The number of rotatable bonds is 3. The molecule has 19 heavy (non-hydrogen) atoms. The number of carbonyl (C=O) groups excluding carboxylic acids is 1. The fourth-order valence-electron chi connectivity index (χ4n) is 2.42. The molecule has 1 aliphatic heterocycles. The molecule has 2 heterocycles. The molecule has 1 saturated heterocycles. The highest BCUT2D eigenvalue weighted by Crippen LogP contribution is 2.21. The van der Waals surface area contributed by atoms with Gasteiger partial charge in [-0.3, -0.25) is 4.79 Å². The van der Waals surface area contributed by atoms with E-state index in [0.29, 0.717) is 17.8 Å². The summed E-state index contributed by atoms with van der Waals surface area (Å²) in [5.74, 6) is 0.861. The highest BCUT2D eigenvalue weighted by Gasteiger charge is 2.26. The number of hydrogen-bond donors (Lipinski definition) is 1. The van der Waals surface area contributed by atoms with Gasteiger partial charge >= 0.3 is 0 Å². The molecule has 2 atom stereocenters. The van der Waals surface area contributed by atoms with Crippen LogP contribution in [0.15, 0.2) is 6.20 Å². The van der Waals surface area contributed by atoms with Crippen molar-refractivity contribution >= 4 is 11.6 Å². The molecule has 1 aromatic heterocycles. The Bertz CT molecular complexity index is 475. The van der Waals surface area contributed by atoms with Crippen LogP contribution in [0.4, 0.5) is 5.82 Å². The van der Waals surface area contributed by atoms with Crippen LogP contribution in [-0.2, 0) is 0 Å². The highest BCUT2D eigenvalue weighted by molar-refractivity contribution is 5.91. The largest absolute Gasteiger partial charge is 0.350 e. The maximum atomic E-state index is 11.3. The summed E-state index contributed by atoms with van der Waals surface area (Å²) in [4.78, 5) is 22.4. The van der Waals surface area contributed by atoms with Crippen molar-refractivity contribution in [3.63, 3.8) is 0 Å². The van der Waals surface area contributed by atoms with Crippen LogP contribution >= 0.6 is 0 Å². The van der Waals surface area contributed by atoms with Gasteiger partial charge in [0.25, 0.3) is 0 Å². The van der Waals surface area contributed by atoms with Gasteiger partial charge in [-0.05, 0) is 20.3 Å². The molecule has 0 saturated carbocycles. The Morgan fingerprint density at radius 2 is 2.32 bits per heavy atom. The molecule has 0 amide bonds. The van der Waals surface area contributed by atoms with Crippen LogP contribution in [-0.4, -0.2) is 40.9 Å². The van der Waals surface area contributed by atoms with Gasteiger partial charge in [0.1, 0.15) is 11.5 Å². The molecule has 0 aliphatic carbocycles. The second-order valence-electron chi connectivity index (χ2n) is 5.24. The van der Waals surface area contributed by atoms with Crippen molar-refractivity contribution in [2.75, 3.05) is 18.0 Å². The van der Waals surface area contributed by atoms with Crippen LogP contribution in [0, 0.1) is 6.92 Å². The molecule has 0 aromatic carbocycles. The van der Waals surface area contributed by atoms with Gasteiger partial charge in [0.2, 0.25) is 0 Å². The Balaban J connectivity index is 2.27. The van der Waals surface area contributed by atoms with E-state index < -0.39 is 0 Å². The Morgan fingerprint density at radius 3 is 2.89 bits per heavy atom. The van der Waals surface area contributed by atoms with E-state index in [2.05, 4.69) is 34.0 Å². The van der Waals surface area contributed by atoms with E-state index in [1.807, 2.05) is 6.92 Å². The molecule has 5 heteroatoms. The van der Waals surface area contributed by atoms with Crippen molar-refractivity contribution in [1.82, 2.24) is 15.3 Å². The van der Waals surface area contributed by atoms with Gasteiger partial charge in [0.15, 0.2) is 5.78 Å². The summed E-state index contributed by atoms with van der Waals surface area (Å²) < 4.78 is 0. The van der Waals surface area contributed by atoms with E-state index in [-0.39, 0.29) is 5.78 Å². The third kappa shape index (κ3) is 2.92. The highest BCUT2D eigenvalue weighted by atomic mass is 16.1. The summed E-state index contributed by atoms with van der Waals surface area (Å²) in [6, 6.07) is 0.879. The standard InChI is InChI=1S/C14H22N4O/c1-5-12-8-18(9(2)6-15-12)14-10(3)17-13(7-16-14)11(4)19/h7,9,12,15H,5-6,8H2,1-4H3/t9-,12+/m1/s1. The predicted octanol–water partition coefficient (Wildman–Crippen LogP) is 1.56. The Hall–Kier alpha value is -1.49. The van der Waals surface area contributed by atoms with Gasteiger partial charge in [0.05, 0.1) is 11.9 Å². The molecule has 0 unspecified atom stereocenters. The quantitative estimate of drug-likeness (QED) is 0.838. The zero-order chi connectivity index (χ0) is 14.0. The summed E-state index contributed by atoms with van der Waals surface area (Å²) >= 11 is 0. The van der Waals surface area contributed by atoms with Crippen molar-refractivity contribution < 1.29 is 4.79 Å². The van der Waals surface area contributed by atoms with Crippen molar-refractivity contribution in [3.05, 3.63) is 17.6 Å². The topological polar surface area (TPSA) is 58.1 Å². The van der Waals surface area contributed by atoms with Gasteiger partial charge < -0.3 is 10.2 Å². The van der Waals surface area contributed by atoms with Gasteiger partial charge in [-0.25, -0.2) is 9.97 Å². The van der Waals surface area contributed by atoms with E-state index in [1.54, 1.807) is 6.20 Å². The average molecular weight is 262 g/mol. The molecule has 1 N–H and O–H groups in total. The van der Waals surface area contributed by atoms with E-state index in [9.17, 15) is 4.79 Å². The number of aryl methyl sites for hydroxylation is 1.